The summed E-state index contributed by atoms with van der Waals surface area (Å²) in [6.45, 7) is 4.22. The van der Waals surface area contributed by atoms with Crippen LogP contribution in [0, 0.1) is 11.8 Å². The predicted molar refractivity (Wildman–Crippen MR) is 108 cm³/mol. The first kappa shape index (κ1) is 19.2. The minimum Gasteiger partial charge on any atom is -0.396 e. The maximum Gasteiger partial charge on any atom is 0.228 e. The van der Waals surface area contributed by atoms with Gasteiger partial charge in [0, 0.05) is 12.5 Å². The first-order chi connectivity index (χ1) is 13.5. The van der Waals surface area contributed by atoms with Crippen LogP contribution < -0.4 is 0 Å². The number of fused-ring (bicyclic) bond motifs is 1. The average Bonchev–Trinajstić information content (AvgIpc) is 2.97. The molecule has 0 radical (unpaired) electrons. The summed E-state index contributed by atoms with van der Waals surface area (Å²) in [5, 5.41) is 9.63. The highest BCUT2D eigenvalue weighted by Crippen LogP contribution is 2.50. The van der Waals surface area contributed by atoms with Crippen molar-refractivity contribution in [3.63, 3.8) is 0 Å². The van der Waals surface area contributed by atoms with E-state index in [0.717, 1.165) is 12.0 Å². The van der Waals surface area contributed by atoms with Crippen molar-refractivity contribution in [2.45, 2.75) is 51.0 Å². The van der Waals surface area contributed by atoms with E-state index in [-0.39, 0.29) is 36.5 Å². The molecule has 0 bridgehead atoms. The van der Waals surface area contributed by atoms with Gasteiger partial charge in [0.05, 0.1) is 6.04 Å². The summed E-state index contributed by atoms with van der Waals surface area (Å²) in [7, 11) is 0. The van der Waals surface area contributed by atoms with E-state index < -0.39 is 5.72 Å². The molecule has 2 aromatic carbocycles. The number of rotatable bonds is 5. The number of amides is 1. The zero-order chi connectivity index (χ0) is 19.7. The SMILES string of the molecule is C[C@@H]1[C@H](c2ccccc2)O[C@@]2(C)C[C@@H](CCO)[C@H](Cc3ccccc3)C(=O)N12. The zero-order valence-electron chi connectivity index (χ0n) is 16.6. The second-order valence-corrected chi connectivity index (χ2v) is 8.35. The molecule has 0 unspecified atom stereocenters. The second kappa shape index (κ2) is 7.69. The molecule has 0 aromatic heterocycles. The molecule has 148 valence electrons. The molecule has 2 aromatic rings. The molecule has 2 aliphatic heterocycles. The van der Waals surface area contributed by atoms with E-state index in [9.17, 15) is 9.90 Å². The Morgan fingerprint density at radius 3 is 2.39 bits per heavy atom. The number of carbonyl (C=O) groups is 1. The number of benzene rings is 2. The maximum atomic E-state index is 13.7. The van der Waals surface area contributed by atoms with Crippen molar-refractivity contribution >= 4 is 5.91 Å². The first-order valence-corrected chi connectivity index (χ1v) is 10.2. The molecule has 5 atom stereocenters. The topological polar surface area (TPSA) is 49.8 Å². The number of ether oxygens (including phenoxy) is 1. The van der Waals surface area contributed by atoms with Crippen molar-refractivity contribution in [2.24, 2.45) is 11.8 Å². The van der Waals surface area contributed by atoms with Gasteiger partial charge < -0.3 is 14.7 Å². The molecule has 4 heteroatoms. The van der Waals surface area contributed by atoms with Gasteiger partial charge in [-0.15, -0.1) is 0 Å². The fourth-order valence-electron chi connectivity index (χ4n) is 5.16. The van der Waals surface area contributed by atoms with Gasteiger partial charge in [0.1, 0.15) is 11.8 Å². The number of carbonyl (C=O) groups excluding carboxylic acids is 1. The van der Waals surface area contributed by atoms with Crippen molar-refractivity contribution < 1.29 is 14.6 Å². The number of aliphatic hydroxyl groups is 1. The van der Waals surface area contributed by atoms with Gasteiger partial charge in [-0.1, -0.05) is 60.7 Å². The lowest BCUT2D eigenvalue weighted by Gasteiger charge is -2.46. The molecule has 2 aliphatic rings. The van der Waals surface area contributed by atoms with E-state index in [1.165, 1.54) is 5.56 Å². The normalized spacial score (nSPS) is 32.4. The Kier molecular flexibility index (Phi) is 5.26. The van der Waals surface area contributed by atoms with Crippen molar-refractivity contribution in [3.05, 3.63) is 71.8 Å². The molecule has 0 saturated carbocycles. The fraction of sp³-hybridized carbons (Fsp3) is 0.458. The molecule has 28 heavy (non-hydrogen) atoms. The summed E-state index contributed by atoms with van der Waals surface area (Å²) in [5.74, 6) is 0.144. The van der Waals surface area contributed by atoms with Crippen LogP contribution >= 0.6 is 0 Å². The van der Waals surface area contributed by atoms with Gasteiger partial charge in [-0.2, -0.15) is 0 Å². The molecule has 4 rings (SSSR count). The predicted octanol–water partition coefficient (Wildman–Crippen LogP) is 3.95. The van der Waals surface area contributed by atoms with Crippen LogP contribution in [0.4, 0.5) is 0 Å². The highest BCUT2D eigenvalue weighted by atomic mass is 16.5. The van der Waals surface area contributed by atoms with Gasteiger partial charge in [-0.05, 0) is 50.2 Å². The highest BCUT2D eigenvalue weighted by molar-refractivity contribution is 5.82. The number of nitrogens with zero attached hydrogens (tertiary/aromatic N) is 1. The van der Waals surface area contributed by atoms with Gasteiger partial charge >= 0.3 is 0 Å². The first-order valence-electron chi connectivity index (χ1n) is 10.2. The van der Waals surface area contributed by atoms with Gasteiger partial charge in [-0.3, -0.25) is 4.79 Å². The second-order valence-electron chi connectivity index (χ2n) is 8.35. The Balaban J connectivity index is 1.64. The van der Waals surface area contributed by atoms with Crippen LogP contribution in [0.5, 0.6) is 0 Å². The molecule has 2 fully saturated rings. The van der Waals surface area contributed by atoms with Gasteiger partial charge in [0.15, 0.2) is 0 Å². The van der Waals surface area contributed by atoms with Crippen LogP contribution in [0.25, 0.3) is 0 Å². The number of aliphatic hydroxyl groups excluding tert-OH is 1. The van der Waals surface area contributed by atoms with E-state index in [1.807, 2.05) is 48.2 Å². The molecule has 4 nitrogen and oxygen atoms in total. The summed E-state index contributed by atoms with van der Waals surface area (Å²) < 4.78 is 6.52. The molecule has 0 aliphatic carbocycles. The van der Waals surface area contributed by atoms with Crippen LogP contribution in [0.15, 0.2) is 60.7 Å². The molecule has 1 N–H and O–H groups in total. The number of hydrogen-bond donors (Lipinski definition) is 1. The molecule has 2 saturated heterocycles. The third kappa shape index (κ3) is 3.36. The Hall–Kier alpha value is -2.17. The van der Waals surface area contributed by atoms with E-state index in [1.54, 1.807) is 0 Å². The van der Waals surface area contributed by atoms with Crippen molar-refractivity contribution in [1.29, 1.82) is 0 Å². The summed E-state index contributed by atoms with van der Waals surface area (Å²) in [4.78, 5) is 15.6. The van der Waals surface area contributed by atoms with Crippen LogP contribution in [-0.2, 0) is 16.0 Å². The standard InChI is InChI=1S/C24H29NO3/c1-17-22(19-11-7-4-8-12-19)28-24(2)16-20(13-14-26)21(23(27)25(17)24)15-18-9-5-3-6-10-18/h3-12,17,20-22,26H,13-16H2,1-2H3/t17-,20-,21+,22-,24+/m1/s1. The highest BCUT2D eigenvalue weighted by Gasteiger charge is 2.57. The van der Waals surface area contributed by atoms with Gasteiger partial charge in [-0.25, -0.2) is 0 Å². The lowest BCUT2D eigenvalue weighted by atomic mass is 9.75. The van der Waals surface area contributed by atoms with E-state index in [0.29, 0.717) is 12.8 Å². The monoisotopic (exact) mass is 379 g/mol. The summed E-state index contributed by atoms with van der Waals surface area (Å²) in [6.07, 6.45) is 1.96. The molecular weight excluding hydrogens is 350 g/mol. The lowest BCUT2D eigenvalue weighted by Crippen LogP contribution is -2.58. The number of piperidine rings is 1. The van der Waals surface area contributed by atoms with E-state index >= 15 is 0 Å². The van der Waals surface area contributed by atoms with Crippen LogP contribution in [0.2, 0.25) is 0 Å². The van der Waals surface area contributed by atoms with Crippen molar-refractivity contribution in [1.82, 2.24) is 4.90 Å². The van der Waals surface area contributed by atoms with E-state index in [2.05, 4.69) is 31.2 Å². The minimum absolute atomic E-state index is 0.0201. The largest absolute Gasteiger partial charge is 0.396 e. The maximum absolute atomic E-state index is 13.7. The third-order valence-electron chi connectivity index (χ3n) is 6.43. The Bertz CT molecular complexity index is 809. The van der Waals surface area contributed by atoms with Crippen LogP contribution in [-0.4, -0.2) is 34.3 Å². The smallest absolute Gasteiger partial charge is 0.228 e. The summed E-state index contributed by atoms with van der Waals surface area (Å²) in [5.41, 5.74) is 1.65. The third-order valence-corrected chi connectivity index (χ3v) is 6.43. The molecular formula is C24H29NO3. The quantitative estimate of drug-likeness (QED) is 0.856. The Labute approximate surface area is 167 Å². The Morgan fingerprint density at radius 1 is 1.11 bits per heavy atom. The van der Waals surface area contributed by atoms with Crippen LogP contribution in [0.1, 0.15) is 43.9 Å². The number of hydrogen-bond acceptors (Lipinski definition) is 3. The Morgan fingerprint density at radius 2 is 1.75 bits per heavy atom. The summed E-state index contributed by atoms with van der Waals surface area (Å²) in [6, 6.07) is 20.3. The van der Waals surface area contributed by atoms with Crippen LogP contribution in [0.3, 0.4) is 0 Å². The van der Waals surface area contributed by atoms with Gasteiger partial charge in [0.25, 0.3) is 0 Å². The minimum atomic E-state index is -0.621. The molecule has 0 spiro atoms. The molecule has 2 heterocycles. The zero-order valence-corrected chi connectivity index (χ0v) is 16.6. The van der Waals surface area contributed by atoms with E-state index in [4.69, 9.17) is 4.74 Å². The lowest BCUT2D eigenvalue weighted by molar-refractivity contribution is -0.174. The van der Waals surface area contributed by atoms with Gasteiger partial charge in [0.2, 0.25) is 5.91 Å². The molecule has 1 amide bonds. The van der Waals surface area contributed by atoms with Crippen molar-refractivity contribution in [3.8, 4) is 0 Å². The van der Waals surface area contributed by atoms with Crippen molar-refractivity contribution in [2.75, 3.05) is 6.61 Å². The fourth-order valence-corrected chi connectivity index (χ4v) is 5.16. The summed E-state index contributed by atoms with van der Waals surface area (Å²) >= 11 is 0. The average molecular weight is 380 g/mol.